The molecule has 96 valence electrons. The van der Waals surface area contributed by atoms with Crippen molar-refractivity contribution in [3.05, 3.63) is 35.4 Å². The predicted octanol–water partition coefficient (Wildman–Crippen LogP) is 0.203. The van der Waals surface area contributed by atoms with Crippen LogP contribution in [0.1, 0.15) is 20.7 Å². The summed E-state index contributed by atoms with van der Waals surface area (Å²) in [6.45, 7) is -0.167. The molecule has 18 heavy (non-hydrogen) atoms. The molecule has 2 amide bonds. The molecule has 0 atom stereocenters. The minimum Gasteiger partial charge on any atom is -0.478 e. The number of benzene rings is 1. The van der Waals surface area contributed by atoms with E-state index >= 15 is 0 Å². The molecule has 0 aliphatic heterocycles. The van der Waals surface area contributed by atoms with Gasteiger partial charge in [0.05, 0.1) is 17.7 Å². The molecule has 0 aromatic heterocycles. The van der Waals surface area contributed by atoms with Crippen molar-refractivity contribution in [2.75, 3.05) is 20.6 Å². The number of rotatable bonds is 4. The number of aromatic carboxylic acids is 1. The van der Waals surface area contributed by atoms with Crippen molar-refractivity contribution in [1.82, 2.24) is 10.2 Å². The van der Waals surface area contributed by atoms with Crippen molar-refractivity contribution in [3.63, 3.8) is 0 Å². The first-order chi connectivity index (χ1) is 8.43. The van der Waals surface area contributed by atoms with E-state index in [4.69, 9.17) is 5.11 Å². The Kier molecular flexibility index (Phi) is 4.42. The summed E-state index contributed by atoms with van der Waals surface area (Å²) >= 11 is 0. The number of carboxylic acid groups (broad SMARTS) is 1. The molecular formula is C12H14N2O4. The van der Waals surface area contributed by atoms with Crippen molar-refractivity contribution in [2.24, 2.45) is 0 Å². The van der Waals surface area contributed by atoms with Gasteiger partial charge in [-0.2, -0.15) is 0 Å². The van der Waals surface area contributed by atoms with Crippen LogP contribution < -0.4 is 5.32 Å². The summed E-state index contributed by atoms with van der Waals surface area (Å²) in [5, 5.41) is 11.3. The minimum atomic E-state index is -1.18. The molecule has 6 heteroatoms. The fourth-order valence-corrected chi connectivity index (χ4v) is 1.28. The van der Waals surface area contributed by atoms with Crippen LogP contribution in [0.4, 0.5) is 0 Å². The number of nitrogens with one attached hydrogen (secondary N) is 1. The third-order valence-corrected chi connectivity index (χ3v) is 2.30. The second-order valence-corrected chi connectivity index (χ2v) is 3.82. The van der Waals surface area contributed by atoms with Crippen LogP contribution in [-0.4, -0.2) is 48.4 Å². The molecule has 6 nitrogen and oxygen atoms in total. The van der Waals surface area contributed by atoms with Gasteiger partial charge in [0.25, 0.3) is 5.91 Å². The zero-order valence-electron chi connectivity index (χ0n) is 10.1. The Bertz CT molecular complexity index is 483. The average molecular weight is 250 g/mol. The largest absolute Gasteiger partial charge is 0.478 e. The zero-order valence-corrected chi connectivity index (χ0v) is 10.1. The maximum absolute atomic E-state index is 11.8. The lowest BCUT2D eigenvalue weighted by molar-refractivity contribution is -0.127. The number of hydrogen-bond donors (Lipinski definition) is 2. The molecule has 0 unspecified atom stereocenters. The van der Waals surface area contributed by atoms with Gasteiger partial charge in [-0.05, 0) is 12.1 Å². The van der Waals surface area contributed by atoms with Crippen LogP contribution in [0.25, 0.3) is 0 Å². The van der Waals surface area contributed by atoms with Crippen molar-refractivity contribution in [2.45, 2.75) is 0 Å². The van der Waals surface area contributed by atoms with Crippen LogP contribution in [0.15, 0.2) is 24.3 Å². The molecule has 0 radical (unpaired) electrons. The Morgan fingerprint density at radius 2 is 1.72 bits per heavy atom. The van der Waals surface area contributed by atoms with Crippen molar-refractivity contribution in [3.8, 4) is 0 Å². The number of hydrogen-bond acceptors (Lipinski definition) is 3. The minimum absolute atomic E-state index is 0.0385. The Balaban J connectivity index is 2.79. The number of amides is 2. The van der Waals surface area contributed by atoms with Gasteiger partial charge in [0.2, 0.25) is 5.91 Å². The Labute approximate surface area is 104 Å². The third kappa shape index (κ3) is 3.31. The molecule has 0 spiro atoms. The first kappa shape index (κ1) is 13.7. The molecule has 2 N–H and O–H groups in total. The third-order valence-electron chi connectivity index (χ3n) is 2.30. The van der Waals surface area contributed by atoms with Gasteiger partial charge in [-0.3, -0.25) is 9.59 Å². The highest BCUT2D eigenvalue weighted by molar-refractivity contribution is 6.05. The molecule has 1 aromatic rings. The smallest absolute Gasteiger partial charge is 0.336 e. The van der Waals surface area contributed by atoms with Gasteiger partial charge in [0, 0.05) is 14.1 Å². The van der Waals surface area contributed by atoms with Crippen LogP contribution in [0.3, 0.4) is 0 Å². The van der Waals surface area contributed by atoms with E-state index in [2.05, 4.69) is 5.32 Å². The average Bonchev–Trinajstić information content (AvgIpc) is 2.35. The Morgan fingerprint density at radius 1 is 1.17 bits per heavy atom. The Morgan fingerprint density at radius 3 is 2.22 bits per heavy atom. The molecular weight excluding hydrogens is 236 g/mol. The van der Waals surface area contributed by atoms with E-state index in [0.29, 0.717) is 0 Å². The van der Waals surface area contributed by atoms with Crippen LogP contribution in [-0.2, 0) is 4.79 Å². The highest BCUT2D eigenvalue weighted by Crippen LogP contribution is 2.08. The normalized spacial score (nSPS) is 9.67. The lowest BCUT2D eigenvalue weighted by Gasteiger charge is -2.11. The van der Waals surface area contributed by atoms with Crippen LogP contribution in [0, 0.1) is 0 Å². The molecule has 0 saturated carbocycles. The highest BCUT2D eigenvalue weighted by atomic mass is 16.4. The van der Waals surface area contributed by atoms with E-state index in [0.717, 1.165) is 0 Å². The summed E-state index contributed by atoms with van der Waals surface area (Å²) in [4.78, 5) is 35.3. The van der Waals surface area contributed by atoms with E-state index in [-0.39, 0.29) is 23.6 Å². The Hall–Kier alpha value is -2.37. The quantitative estimate of drug-likeness (QED) is 0.799. The van der Waals surface area contributed by atoms with E-state index in [1.54, 1.807) is 20.2 Å². The molecule has 0 aliphatic rings. The fourth-order valence-electron chi connectivity index (χ4n) is 1.28. The maximum Gasteiger partial charge on any atom is 0.336 e. The second kappa shape index (κ2) is 5.81. The van der Waals surface area contributed by atoms with Gasteiger partial charge in [0.1, 0.15) is 0 Å². The molecule has 1 rings (SSSR count). The molecule has 0 saturated heterocycles. The zero-order chi connectivity index (χ0) is 13.7. The summed E-state index contributed by atoms with van der Waals surface area (Å²) in [6, 6.07) is 5.84. The SMILES string of the molecule is CN(C)C(=O)CNC(=O)c1ccccc1C(=O)O. The van der Waals surface area contributed by atoms with Gasteiger partial charge in [0.15, 0.2) is 0 Å². The second-order valence-electron chi connectivity index (χ2n) is 3.82. The summed E-state index contributed by atoms with van der Waals surface area (Å²) in [5.41, 5.74) is -0.0520. The van der Waals surface area contributed by atoms with Gasteiger partial charge < -0.3 is 15.3 Å². The lowest BCUT2D eigenvalue weighted by Crippen LogP contribution is -2.36. The monoisotopic (exact) mass is 250 g/mol. The number of likely N-dealkylation sites (N-methyl/N-ethyl adjacent to an activating group) is 1. The van der Waals surface area contributed by atoms with E-state index in [9.17, 15) is 14.4 Å². The van der Waals surface area contributed by atoms with Gasteiger partial charge >= 0.3 is 5.97 Å². The molecule has 0 heterocycles. The predicted molar refractivity (Wildman–Crippen MR) is 64.4 cm³/mol. The first-order valence-corrected chi connectivity index (χ1v) is 5.24. The standard InChI is InChI=1S/C12H14N2O4/c1-14(2)10(15)7-13-11(16)8-5-3-4-6-9(8)12(17)18/h3-6H,7H2,1-2H3,(H,13,16)(H,17,18). The van der Waals surface area contributed by atoms with Crippen molar-refractivity contribution >= 4 is 17.8 Å². The number of carboxylic acids is 1. The van der Waals surface area contributed by atoms with Crippen LogP contribution >= 0.6 is 0 Å². The van der Waals surface area contributed by atoms with Crippen LogP contribution in [0.5, 0.6) is 0 Å². The molecule has 0 aliphatic carbocycles. The lowest BCUT2D eigenvalue weighted by atomic mass is 10.1. The summed E-state index contributed by atoms with van der Waals surface area (Å²) in [5.74, 6) is -2.03. The first-order valence-electron chi connectivity index (χ1n) is 5.24. The van der Waals surface area contributed by atoms with Gasteiger partial charge in [-0.25, -0.2) is 4.79 Å². The molecule has 0 bridgehead atoms. The van der Waals surface area contributed by atoms with Crippen molar-refractivity contribution < 1.29 is 19.5 Å². The van der Waals surface area contributed by atoms with Crippen molar-refractivity contribution in [1.29, 1.82) is 0 Å². The number of carbonyl (C=O) groups is 3. The summed E-state index contributed by atoms with van der Waals surface area (Å²) in [6.07, 6.45) is 0. The van der Waals surface area contributed by atoms with E-state index < -0.39 is 11.9 Å². The van der Waals surface area contributed by atoms with E-state index in [1.807, 2.05) is 0 Å². The van der Waals surface area contributed by atoms with E-state index in [1.165, 1.54) is 23.1 Å². The number of nitrogens with zero attached hydrogens (tertiary/aromatic N) is 1. The molecule has 1 aromatic carbocycles. The van der Waals surface area contributed by atoms with Gasteiger partial charge in [-0.15, -0.1) is 0 Å². The maximum atomic E-state index is 11.8. The summed E-state index contributed by atoms with van der Waals surface area (Å²) in [7, 11) is 3.14. The molecule has 0 fully saturated rings. The van der Waals surface area contributed by atoms with Gasteiger partial charge in [-0.1, -0.05) is 12.1 Å². The summed E-state index contributed by atoms with van der Waals surface area (Å²) < 4.78 is 0. The topological polar surface area (TPSA) is 86.7 Å². The highest BCUT2D eigenvalue weighted by Gasteiger charge is 2.16. The number of carbonyl (C=O) groups excluding carboxylic acids is 2. The fraction of sp³-hybridized carbons (Fsp3) is 0.250. The van der Waals surface area contributed by atoms with Crippen LogP contribution in [0.2, 0.25) is 0 Å².